The van der Waals surface area contributed by atoms with Gasteiger partial charge in [0.15, 0.2) is 0 Å². The zero-order valence-corrected chi connectivity index (χ0v) is 15.4. The van der Waals surface area contributed by atoms with E-state index in [4.69, 9.17) is 4.74 Å². The van der Waals surface area contributed by atoms with Crippen LogP contribution in [0, 0.1) is 0 Å². The van der Waals surface area contributed by atoms with Gasteiger partial charge in [-0.1, -0.05) is 36.8 Å². The summed E-state index contributed by atoms with van der Waals surface area (Å²) in [6.07, 6.45) is 2.17. The molecule has 0 saturated carbocycles. The van der Waals surface area contributed by atoms with E-state index >= 15 is 0 Å². The van der Waals surface area contributed by atoms with Crippen LogP contribution in [0.2, 0.25) is 0 Å². The summed E-state index contributed by atoms with van der Waals surface area (Å²) >= 11 is 1.26. The normalized spacial score (nSPS) is 11.6. The summed E-state index contributed by atoms with van der Waals surface area (Å²) in [6.45, 7) is 3.65. The molecule has 0 aliphatic rings. The Hall–Kier alpha value is -2.48. The van der Waals surface area contributed by atoms with Crippen molar-refractivity contribution < 1.29 is 14.3 Å². The lowest BCUT2D eigenvalue weighted by Gasteiger charge is -2.12. The lowest BCUT2D eigenvalue weighted by Crippen LogP contribution is -2.41. The molecule has 134 valence electrons. The molecule has 0 spiro atoms. The molecule has 0 bridgehead atoms. The number of nitrogens with one attached hydrogen (secondary N) is 2. The quantitative estimate of drug-likeness (QED) is 0.753. The highest BCUT2D eigenvalue weighted by Gasteiger charge is 2.17. The molecule has 1 atom stereocenters. The number of unbranched alkanes of at least 4 members (excludes halogenated alkanes) is 1. The summed E-state index contributed by atoms with van der Waals surface area (Å²) in [7, 11) is 1.60. The van der Waals surface area contributed by atoms with Gasteiger partial charge in [0.25, 0.3) is 0 Å². The standard InChI is InChI=1S/C17H22N4O3S/c1-4-5-9-14(22)18-11(2)15(23)19-17-21-20-16(25-17)12-7-6-8-13(10-12)24-3/h6-8,10-11H,4-5,9H2,1-3H3,(H,18,22)(H,19,21,23). The van der Waals surface area contributed by atoms with Crippen molar-refractivity contribution in [1.82, 2.24) is 15.5 Å². The Kier molecular flexibility index (Phi) is 6.88. The molecule has 1 unspecified atom stereocenters. The van der Waals surface area contributed by atoms with Crippen LogP contribution < -0.4 is 15.4 Å². The highest BCUT2D eigenvalue weighted by atomic mass is 32.1. The Labute approximate surface area is 150 Å². The number of anilines is 1. The summed E-state index contributed by atoms with van der Waals surface area (Å²) in [5.74, 6) is 0.277. The van der Waals surface area contributed by atoms with Crippen molar-refractivity contribution >= 4 is 28.3 Å². The SMILES string of the molecule is CCCCC(=O)NC(C)C(=O)Nc1nnc(-c2cccc(OC)c2)s1. The number of ether oxygens (including phenoxy) is 1. The number of benzene rings is 1. The van der Waals surface area contributed by atoms with Crippen LogP contribution in [-0.2, 0) is 9.59 Å². The Bertz CT molecular complexity index is 732. The van der Waals surface area contributed by atoms with Gasteiger partial charge in [-0.2, -0.15) is 0 Å². The van der Waals surface area contributed by atoms with Gasteiger partial charge >= 0.3 is 0 Å². The van der Waals surface area contributed by atoms with Crippen LogP contribution in [0.3, 0.4) is 0 Å². The minimum absolute atomic E-state index is 0.126. The fraction of sp³-hybridized carbons (Fsp3) is 0.412. The van der Waals surface area contributed by atoms with E-state index in [0.717, 1.165) is 24.2 Å². The maximum Gasteiger partial charge on any atom is 0.248 e. The number of hydrogen-bond acceptors (Lipinski definition) is 6. The molecule has 0 fully saturated rings. The molecule has 2 N–H and O–H groups in total. The molecule has 2 aromatic rings. The maximum atomic E-state index is 12.2. The summed E-state index contributed by atoms with van der Waals surface area (Å²) < 4.78 is 5.19. The third-order valence-electron chi connectivity index (χ3n) is 3.50. The number of hydrogen-bond donors (Lipinski definition) is 2. The van der Waals surface area contributed by atoms with Crippen LogP contribution in [0.1, 0.15) is 33.1 Å². The van der Waals surface area contributed by atoms with Crippen LogP contribution >= 0.6 is 11.3 Å². The highest BCUT2D eigenvalue weighted by molar-refractivity contribution is 7.18. The van der Waals surface area contributed by atoms with Crippen LogP contribution in [0.15, 0.2) is 24.3 Å². The predicted octanol–water partition coefficient (Wildman–Crippen LogP) is 2.85. The van der Waals surface area contributed by atoms with E-state index in [2.05, 4.69) is 20.8 Å². The Morgan fingerprint density at radius 3 is 2.84 bits per heavy atom. The summed E-state index contributed by atoms with van der Waals surface area (Å²) in [5.41, 5.74) is 0.860. The molecule has 8 heteroatoms. The summed E-state index contributed by atoms with van der Waals surface area (Å²) in [5, 5.41) is 14.5. The van der Waals surface area contributed by atoms with Crippen LogP contribution in [0.25, 0.3) is 10.6 Å². The molecule has 0 aliphatic heterocycles. The average Bonchev–Trinajstić information content (AvgIpc) is 3.08. The van der Waals surface area contributed by atoms with Gasteiger partial charge in [0.05, 0.1) is 7.11 Å². The minimum atomic E-state index is -0.631. The van der Waals surface area contributed by atoms with Gasteiger partial charge in [-0.15, -0.1) is 10.2 Å². The lowest BCUT2D eigenvalue weighted by molar-refractivity contribution is -0.126. The summed E-state index contributed by atoms with van der Waals surface area (Å²) in [4.78, 5) is 23.9. The van der Waals surface area contributed by atoms with Crippen LogP contribution in [0.4, 0.5) is 5.13 Å². The largest absolute Gasteiger partial charge is 0.497 e. The molecule has 0 saturated heterocycles. The smallest absolute Gasteiger partial charge is 0.248 e. The fourth-order valence-electron chi connectivity index (χ4n) is 2.08. The first-order valence-corrected chi connectivity index (χ1v) is 8.93. The van der Waals surface area contributed by atoms with Gasteiger partial charge in [-0.3, -0.25) is 14.9 Å². The number of nitrogens with zero attached hydrogens (tertiary/aromatic N) is 2. The average molecular weight is 362 g/mol. The number of carbonyl (C=O) groups is 2. The van der Waals surface area contributed by atoms with Gasteiger partial charge in [0, 0.05) is 12.0 Å². The van der Waals surface area contributed by atoms with Crippen molar-refractivity contribution in [2.75, 3.05) is 12.4 Å². The Morgan fingerprint density at radius 1 is 1.32 bits per heavy atom. The van der Waals surface area contributed by atoms with Gasteiger partial charge in [0.1, 0.15) is 16.8 Å². The molecular weight excluding hydrogens is 340 g/mol. The van der Waals surface area contributed by atoms with Crippen molar-refractivity contribution in [2.45, 2.75) is 39.2 Å². The van der Waals surface area contributed by atoms with E-state index in [1.54, 1.807) is 14.0 Å². The molecule has 2 amide bonds. The van der Waals surface area contributed by atoms with Crippen LogP contribution in [0.5, 0.6) is 5.75 Å². The molecule has 0 radical (unpaired) electrons. The zero-order chi connectivity index (χ0) is 18.2. The van der Waals surface area contributed by atoms with Gasteiger partial charge in [0.2, 0.25) is 16.9 Å². The van der Waals surface area contributed by atoms with Crippen molar-refractivity contribution in [3.05, 3.63) is 24.3 Å². The summed E-state index contributed by atoms with van der Waals surface area (Å²) in [6, 6.07) is 6.82. The molecule has 0 aliphatic carbocycles. The van der Waals surface area contributed by atoms with E-state index in [1.165, 1.54) is 11.3 Å². The van der Waals surface area contributed by atoms with Crippen molar-refractivity contribution in [3.8, 4) is 16.3 Å². The van der Waals surface area contributed by atoms with E-state index in [0.29, 0.717) is 16.6 Å². The molecule has 1 aromatic carbocycles. The van der Waals surface area contributed by atoms with Crippen molar-refractivity contribution in [1.29, 1.82) is 0 Å². The lowest BCUT2D eigenvalue weighted by atomic mass is 10.2. The minimum Gasteiger partial charge on any atom is -0.497 e. The van der Waals surface area contributed by atoms with Gasteiger partial charge in [-0.25, -0.2) is 0 Å². The third-order valence-corrected chi connectivity index (χ3v) is 4.39. The second-order valence-corrected chi connectivity index (χ2v) is 6.50. The maximum absolute atomic E-state index is 12.2. The molecule has 25 heavy (non-hydrogen) atoms. The van der Waals surface area contributed by atoms with E-state index in [9.17, 15) is 9.59 Å². The molecular formula is C17H22N4O3S. The molecule has 2 rings (SSSR count). The number of amides is 2. The number of aromatic nitrogens is 2. The monoisotopic (exact) mass is 362 g/mol. The second-order valence-electron chi connectivity index (χ2n) is 5.53. The first-order valence-electron chi connectivity index (χ1n) is 8.11. The van der Waals surface area contributed by atoms with E-state index in [-0.39, 0.29) is 11.8 Å². The topological polar surface area (TPSA) is 93.2 Å². The highest BCUT2D eigenvalue weighted by Crippen LogP contribution is 2.28. The number of carbonyl (C=O) groups excluding carboxylic acids is 2. The molecule has 1 aromatic heterocycles. The molecule has 7 nitrogen and oxygen atoms in total. The first kappa shape index (κ1) is 18.9. The van der Waals surface area contributed by atoms with E-state index < -0.39 is 6.04 Å². The Balaban J connectivity index is 1.95. The number of methoxy groups -OCH3 is 1. The van der Waals surface area contributed by atoms with Gasteiger partial charge in [-0.05, 0) is 25.5 Å². The second kappa shape index (κ2) is 9.12. The van der Waals surface area contributed by atoms with E-state index in [1.807, 2.05) is 31.2 Å². The van der Waals surface area contributed by atoms with Crippen LogP contribution in [-0.4, -0.2) is 35.2 Å². The zero-order valence-electron chi connectivity index (χ0n) is 14.5. The van der Waals surface area contributed by atoms with Crippen molar-refractivity contribution in [3.63, 3.8) is 0 Å². The Morgan fingerprint density at radius 2 is 2.12 bits per heavy atom. The predicted molar refractivity (Wildman–Crippen MR) is 97.7 cm³/mol. The van der Waals surface area contributed by atoms with Crippen molar-refractivity contribution in [2.24, 2.45) is 0 Å². The molecule has 1 heterocycles. The first-order chi connectivity index (χ1) is 12.0. The van der Waals surface area contributed by atoms with Gasteiger partial charge < -0.3 is 10.1 Å². The third kappa shape index (κ3) is 5.53. The number of rotatable bonds is 8. The fourth-order valence-corrected chi connectivity index (χ4v) is 2.82.